The normalized spacial score (nSPS) is 35.9. The van der Waals surface area contributed by atoms with E-state index in [1.165, 1.54) is 19.1 Å². The van der Waals surface area contributed by atoms with E-state index in [0.29, 0.717) is 10.9 Å². The second kappa shape index (κ2) is 18.6. The standard InChI is InChI=1S/C37H46N2O18/c1-16-10-25(43)52-21-11-19(8-9-20(16)21)51-35-26(39-17(2)42)29(46)33(24(14-41)55-35)56-37-32(49)34(28(45)23(13-40)54-37)57-36-31(48)30(47)27(44)22(53-36)12-38-50-15-18-6-4-3-5-7-18/h3-12,22-24,26-37,40-41,44-49H,13-15H2,1-2H3,(H,39,42)/t22-,23-,24-,26-,27+,28+,29-,30+,31-,32-,33-,34+,35-,36-,37+/m1/s1. The summed E-state index contributed by atoms with van der Waals surface area (Å²) in [5.74, 6) is -0.503. The lowest BCUT2D eigenvalue weighted by Gasteiger charge is -2.48. The van der Waals surface area contributed by atoms with Crippen molar-refractivity contribution in [2.24, 2.45) is 5.16 Å². The Hall–Kier alpha value is -4.13. The fourth-order valence-corrected chi connectivity index (χ4v) is 6.77. The number of benzene rings is 2. The third-order valence-electron chi connectivity index (χ3n) is 9.77. The van der Waals surface area contributed by atoms with E-state index in [9.17, 15) is 50.4 Å². The molecule has 57 heavy (non-hydrogen) atoms. The molecule has 0 aliphatic carbocycles. The number of nitrogens with one attached hydrogen (secondary N) is 1. The minimum Gasteiger partial charge on any atom is -0.462 e. The molecule has 3 aromatic rings. The largest absolute Gasteiger partial charge is 0.462 e. The molecule has 3 saturated heterocycles. The average molecular weight is 807 g/mol. The highest BCUT2D eigenvalue weighted by Crippen LogP contribution is 2.34. The highest BCUT2D eigenvalue weighted by Gasteiger charge is 2.54. The Morgan fingerprint density at radius 1 is 0.789 bits per heavy atom. The van der Waals surface area contributed by atoms with Crippen LogP contribution in [0.25, 0.3) is 11.0 Å². The smallest absolute Gasteiger partial charge is 0.336 e. The van der Waals surface area contributed by atoms with Gasteiger partial charge < -0.3 is 83.8 Å². The van der Waals surface area contributed by atoms with E-state index < -0.39 is 117 Å². The molecule has 3 aliphatic heterocycles. The molecule has 0 radical (unpaired) electrons. The molecule has 0 spiro atoms. The Labute approximate surface area is 324 Å². The molecule has 3 fully saturated rings. The number of hydrogen-bond donors (Lipinski definition) is 9. The van der Waals surface area contributed by atoms with Gasteiger partial charge in [0.25, 0.3) is 0 Å². The second-order valence-electron chi connectivity index (χ2n) is 13.8. The lowest BCUT2D eigenvalue weighted by molar-refractivity contribution is -0.370. The summed E-state index contributed by atoms with van der Waals surface area (Å²) in [5.41, 5.74) is 1.05. The van der Waals surface area contributed by atoms with Crippen LogP contribution in [-0.4, -0.2) is 158 Å². The molecular formula is C37H46N2O18. The summed E-state index contributed by atoms with van der Waals surface area (Å²) in [7, 11) is 0. The van der Waals surface area contributed by atoms with Gasteiger partial charge in [-0.15, -0.1) is 0 Å². The Morgan fingerprint density at radius 2 is 1.47 bits per heavy atom. The topological polar surface area (TPSA) is 298 Å². The second-order valence-corrected chi connectivity index (χ2v) is 13.8. The molecule has 15 atom stereocenters. The maximum atomic E-state index is 12.3. The highest BCUT2D eigenvalue weighted by atomic mass is 16.8. The molecule has 0 unspecified atom stereocenters. The number of nitrogens with zero attached hydrogens (tertiary/aromatic N) is 1. The average Bonchev–Trinajstić information content (AvgIpc) is 3.18. The van der Waals surface area contributed by atoms with Crippen LogP contribution in [0.15, 0.2) is 69.0 Å². The van der Waals surface area contributed by atoms with E-state index >= 15 is 0 Å². The summed E-state index contributed by atoms with van der Waals surface area (Å²) < 4.78 is 40.2. The van der Waals surface area contributed by atoms with Gasteiger partial charge in [-0.1, -0.05) is 35.5 Å². The van der Waals surface area contributed by atoms with E-state index in [4.69, 9.17) is 37.7 Å². The third kappa shape index (κ3) is 9.61. The SMILES string of the molecule is CC(=O)N[C@H]1[C@H](Oc2ccc3c(C)cc(=O)oc3c2)O[C@H](CO)[C@@H](O[C@@H]2O[C@H](CO)[C@H](O)[C@H](O[C@H]3O[C@H](C=NOCc4ccccc4)[C@H](O)[C@H](O)[C@H]3O)[C@H]2O)[C@@H]1O. The van der Waals surface area contributed by atoms with Gasteiger partial charge in [-0.25, -0.2) is 4.79 Å². The van der Waals surface area contributed by atoms with Crippen LogP contribution in [0, 0.1) is 6.92 Å². The molecule has 2 aromatic carbocycles. The minimum atomic E-state index is -1.97. The van der Waals surface area contributed by atoms with Gasteiger partial charge in [-0.3, -0.25) is 4.79 Å². The molecule has 9 N–H and O–H groups in total. The van der Waals surface area contributed by atoms with Crippen molar-refractivity contribution in [2.45, 2.75) is 113 Å². The number of carbonyl (C=O) groups is 1. The van der Waals surface area contributed by atoms with E-state index in [0.717, 1.165) is 11.8 Å². The molecule has 0 bridgehead atoms. The molecule has 1 amide bonds. The first-order valence-electron chi connectivity index (χ1n) is 18.0. The zero-order valence-electron chi connectivity index (χ0n) is 30.7. The van der Waals surface area contributed by atoms with Gasteiger partial charge in [0.05, 0.1) is 19.4 Å². The summed E-state index contributed by atoms with van der Waals surface area (Å²) in [5, 5.41) is 93.3. The van der Waals surface area contributed by atoms with Crippen LogP contribution >= 0.6 is 0 Å². The maximum Gasteiger partial charge on any atom is 0.336 e. The molecule has 3 aliphatic rings. The number of aliphatic hydroxyl groups is 8. The molecule has 6 rings (SSSR count). The number of hydrogen-bond acceptors (Lipinski definition) is 19. The van der Waals surface area contributed by atoms with Crippen LogP contribution < -0.4 is 15.7 Å². The highest BCUT2D eigenvalue weighted by molar-refractivity contribution is 5.81. The van der Waals surface area contributed by atoms with Crippen molar-refractivity contribution in [2.75, 3.05) is 13.2 Å². The number of rotatable bonds is 13. The summed E-state index contributed by atoms with van der Waals surface area (Å²) in [4.78, 5) is 29.5. The maximum absolute atomic E-state index is 12.3. The number of fused-ring (bicyclic) bond motifs is 1. The van der Waals surface area contributed by atoms with E-state index in [2.05, 4.69) is 10.5 Å². The predicted molar refractivity (Wildman–Crippen MR) is 191 cm³/mol. The fraction of sp³-hybridized carbons (Fsp3) is 0.541. The van der Waals surface area contributed by atoms with E-state index in [1.54, 1.807) is 43.3 Å². The molecule has 312 valence electrons. The van der Waals surface area contributed by atoms with E-state index in [1.807, 2.05) is 6.07 Å². The van der Waals surface area contributed by atoms with Crippen LogP contribution in [0.3, 0.4) is 0 Å². The monoisotopic (exact) mass is 806 g/mol. The van der Waals surface area contributed by atoms with Gasteiger partial charge in [-0.05, 0) is 30.2 Å². The van der Waals surface area contributed by atoms with Gasteiger partial charge in [0.1, 0.15) is 91.1 Å². The van der Waals surface area contributed by atoms with Gasteiger partial charge >= 0.3 is 5.63 Å². The Morgan fingerprint density at radius 3 is 2.18 bits per heavy atom. The van der Waals surface area contributed by atoms with Crippen molar-refractivity contribution in [3.63, 3.8) is 0 Å². The van der Waals surface area contributed by atoms with Crippen molar-refractivity contribution in [3.05, 3.63) is 76.1 Å². The first-order chi connectivity index (χ1) is 27.3. The van der Waals surface area contributed by atoms with Crippen LogP contribution in [0.4, 0.5) is 0 Å². The number of aryl methyl sites for hydroxylation is 1. The van der Waals surface area contributed by atoms with Gasteiger partial charge in [0.15, 0.2) is 12.6 Å². The number of oxime groups is 1. The molecule has 1 aromatic heterocycles. The van der Waals surface area contributed by atoms with Crippen LogP contribution in [0.2, 0.25) is 0 Å². The Bertz CT molecular complexity index is 1880. The van der Waals surface area contributed by atoms with E-state index in [-0.39, 0.29) is 17.9 Å². The number of ether oxygens (including phenoxy) is 6. The van der Waals surface area contributed by atoms with Crippen molar-refractivity contribution in [1.29, 1.82) is 0 Å². The number of aliphatic hydroxyl groups excluding tert-OH is 8. The zero-order chi connectivity index (χ0) is 41.0. The molecule has 4 heterocycles. The predicted octanol–water partition coefficient (Wildman–Crippen LogP) is -2.72. The first-order valence-corrected chi connectivity index (χ1v) is 18.0. The van der Waals surface area contributed by atoms with Crippen molar-refractivity contribution >= 4 is 23.1 Å². The van der Waals surface area contributed by atoms with Gasteiger partial charge in [0, 0.05) is 24.4 Å². The summed E-state index contributed by atoms with van der Waals surface area (Å²) >= 11 is 0. The third-order valence-corrected chi connectivity index (χ3v) is 9.77. The minimum absolute atomic E-state index is 0.0672. The summed E-state index contributed by atoms with van der Waals surface area (Å²) in [6.07, 6.45) is -22.7. The van der Waals surface area contributed by atoms with Crippen LogP contribution in [-0.2, 0) is 39.9 Å². The first kappa shape index (κ1) is 42.5. The molecule has 20 heteroatoms. The summed E-state index contributed by atoms with van der Waals surface area (Å²) in [6, 6.07) is 13.5. The number of amides is 1. The lowest BCUT2D eigenvalue weighted by atomic mass is 9.95. The quantitative estimate of drug-likeness (QED) is 0.0482. The van der Waals surface area contributed by atoms with Gasteiger partial charge in [-0.2, -0.15) is 0 Å². The van der Waals surface area contributed by atoms with Crippen molar-refractivity contribution in [3.8, 4) is 5.75 Å². The Kier molecular flexibility index (Phi) is 13.9. The summed E-state index contributed by atoms with van der Waals surface area (Å²) in [6.45, 7) is 1.32. The van der Waals surface area contributed by atoms with Crippen LogP contribution in [0.1, 0.15) is 18.1 Å². The molecule has 0 saturated carbocycles. The van der Waals surface area contributed by atoms with Gasteiger partial charge in [0.2, 0.25) is 12.2 Å². The molecular weight excluding hydrogens is 760 g/mol. The number of carbonyl (C=O) groups excluding carboxylic acids is 1. The zero-order valence-corrected chi connectivity index (χ0v) is 30.7. The lowest BCUT2D eigenvalue weighted by Crippen LogP contribution is -2.68. The Balaban J connectivity index is 1.17. The fourth-order valence-electron chi connectivity index (χ4n) is 6.77. The molecule has 20 nitrogen and oxygen atoms in total. The van der Waals surface area contributed by atoms with Crippen LogP contribution in [0.5, 0.6) is 5.75 Å². The van der Waals surface area contributed by atoms with Crippen molar-refractivity contribution < 1.29 is 83.3 Å². The van der Waals surface area contributed by atoms with Crippen molar-refractivity contribution in [1.82, 2.24) is 5.32 Å².